The molecular weight excluding hydrogens is 319 g/mol. The minimum atomic E-state index is 0.378. The van der Waals surface area contributed by atoms with E-state index in [2.05, 4.69) is 20.3 Å². The second-order valence-electron chi connectivity index (χ2n) is 4.58. The first-order valence-corrected chi connectivity index (χ1v) is 7.40. The van der Waals surface area contributed by atoms with Crippen molar-refractivity contribution in [3.05, 3.63) is 70.6 Å². The van der Waals surface area contributed by atoms with Crippen LogP contribution in [0.1, 0.15) is 5.56 Å². The summed E-state index contributed by atoms with van der Waals surface area (Å²) in [6.45, 7) is 0.558. The highest BCUT2D eigenvalue weighted by Crippen LogP contribution is 2.21. The van der Waals surface area contributed by atoms with E-state index in [0.717, 1.165) is 11.1 Å². The molecule has 1 aromatic carbocycles. The topological polar surface area (TPSA) is 50.7 Å². The molecule has 0 saturated carbocycles. The predicted molar refractivity (Wildman–Crippen MR) is 89.1 cm³/mol. The highest BCUT2D eigenvalue weighted by atomic mass is 35.5. The Kier molecular flexibility index (Phi) is 4.51. The quantitative estimate of drug-likeness (QED) is 0.717. The minimum absolute atomic E-state index is 0.378. The van der Waals surface area contributed by atoms with Gasteiger partial charge in [-0.05, 0) is 23.8 Å². The summed E-state index contributed by atoms with van der Waals surface area (Å²) in [5.41, 5.74) is 1.85. The van der Waals surface area contributed by atoms with E-state index >= 15 is 0 Å². The average molecular weight is 331 g/mol. The third-order valence-electron chi connectivity index (χ3n) is 3.05. The van der Waals surface area contributed by atoms with Gasteiger partial charge in [0.2, 0.25) is 0 Å². The molecule has 4 nitrogen and oxygen atoms in total. The number of nitrogens with one attached hydrogen (secondary N) is 1. The van der Waals surface area contributed by atoms with Gasteiger partial charge in [0, 0.05) is 35.6 Å². The molecule has 6 heteroatoms. The van der Waals surface area contributed by atoms with Gasteiger partial charge in [-0.25, -0.2) is 9.97 Å². The van der Waals surface area contributed by atoms with Crippen molar-refractivity contribution < 1.29 is 0 Å². The van der Waals surface area contributed by atoms with E-state index in [1.807, 2.05) is 36.4 Å². The van der Waals surface area contributed by atoms with E-state index in [-0.39, 0.29) is 0 Å². The maximum atomic E-state index is 6.14. The largest absolute Gasteiger partial charge is 0.366 e. The molecule has 1 N–H and O–H groups in total. The zero-order valence-corrected chi connectivity index (χ0v) is 13.0. The monoisotopic (exact) mass is 330 g/mol. The summed E-state index contributed by atoms with van der Waals surface area (Å²) < 4.78 is 0. The summed E-state index contributed by atoms with van der Waals surface area (Å²) in [6, 6.07) is 13.0. The first-order valence-electron chi connectivity index (χ1n) is 6.64. The fourth-order valence-corrected chi connectivity index (χ4v) is 2.35. The second-order valence-corrected chi connectivity index (χ2v) is 5.37. The summed E-state index contributed by atoms with van der Waals surface area (Å²) in [6.07, 6.45) is 3.38. The van der Waals surface area contributed by atoms with Crippen LogP contribution in [0.25, 0.3) is 11.4 Å². The molecule has 0 unspecified atom stereocenters. The third-order valence-corrected chi connectivity index (χ3v) is 3.61. The molecule has 22 heavy (non-hydrogen) atoms. The van der Waals surface area contributed by atoms with Crippen molar-refractivity contribution in [2.45, 2.75) is 6.54 Å². The predicted octanol–water partition coefficient (Wildman–Crippen LogP) is 4.46. The van der Waals surface area contributed by atoms with Gasteiger partial charge in [0.25, 0.3) is 0 Å². The lowest BCUT2D eigenvalue weighted by atomic mass is 10.2. The number of pyridine rings is 1. The van der Waals surface area contributed by atoms with Crippen LogP contribution < -0.4 is 5.32 Å². The van der Waals surface area contributed by atoms with Crippen molar-refractivity contribution in [1.29, 1.82) is 0 Å². The van der Waals surface area contributed by atoms with E-state index in [1.54, 1.807) is 18.5 Å². The Morgan fingerprint density at radius 1 is 0.955 bits per heavy atom. The minimum Gasteiger partial charge on any atom is -0.366 e. The number of aromatic nitrogens is 3. The molecule has 0 bridgehead atoms. The van der Waals surface area contributed by atoms with Gasteiger partial charge in [0.1, 0.15) is 11.0 Å². The summed E-state index contributed by atoms with van der Waals surface area (Å²) in [4.78, 5) is 12.7. The van der Waals surface area contributed by atoms with E-state index in [1.165, 1.54) is 0 Å². The Hall–Kier alpha value is -2.17. The Morgan fingerprint density at radius 2 is 1.73 bits per heavy atom. The van der Waals surface area contributed by atoms with Crippen LogP contribution >= 0.6 is 23.2 Å². The van der Waals surface area contributed by atoms with Crippen LogP contribution in [0.15, 0.2) is 54.9 Å². The van der Waals surface area contributed by atoms with Crippen LogP contribution in [-0.2, 0) is 6.54 Å². The van der Waals surface area contributed by atoms with Crippen molar-refractivity contribution in [1.82, 2.24) is 15.0 Å². The number of rotatable bonds is 4. The summed E-state index contributed by atoms with van der Waals surface area (Å²) in [5, 5.41) is 4.31. The molecule has 3 aromatic rings. The van der Waals surface area contributed by atoms with Gasteiger partial charge in [-0.3, -0.25) is 4.98 Å². The second kappa shape index (κ2) is 6.73. The van der Waals surface area contributed by atoms with Crippen molar-refractivity contribution in [2.75, 3.05) is 5.32 Å². The lowest BCUT2D eigenvalue weighted by molar-refractivity contribution is 1.08. The zero-order valence-electron chi connectivity index (χ0n) is 11.5. The Labute approximate surface area is 138 Å². The first kappa shape index (κ1) is 14.8. The Bertz CT molecular complexity index is 778. The van der Waals surface area contributed by atoms with Crippen molar-refractivity contribution in [2.24, 2.45) is 0 Å². The van der Waals surface area contributed by atoms with Crippen molar-refractivity contribution >= 4 is 29.0 Å². The summed E-state index contributed by atoms with van der Waals surface area (Å²) >= 11 is 12.2. The van der Waals surface area contributed by atoms with Gasteiger partial charge in [-0.2, -0.15) is 0 Å². The van der Waals surface area contributed by atoms with E-state index in [0.29, 0.717) is 28.4 Å². The van der Waals surface area contributed by atoms with Gasteiger partial charge < -0.3 is 5.32 Å². The van der Waals surface area contributed by atoms with Gasteiger partial charge in [0.05, 0.1) is 0 Å². The lowest BCUT2D eigenvalue weighted by Crippen LogP contribution is -2.03. The fourth-order valence-electron chi connectivity index (χ4n) is 1.97. The highest BCUT2D eigenvalue weighted by Gasteiger charge is 2.06. The third kappa shape index (κ3) is 3.53. The van der Waals surface area contributed by atoms with E-state index in [9.17, 15) is 0 Å². The fraction of sp³-hybridized carbons (Fsp3) is 0.0625. The average Bonchev–Trinajstić information content (AvgIpc) is 2.54. The molecule has 0 atom stereocenters. The molecule has 0 aliphatic rings. The number of hydrogen-bond acceptors (Lipinski definition) is 4. The Morgan fingerprint density at radius 3 is 2.50 bits per heavy atom. The van der Waals surface area contributed by atoms with Crippen LogP contribution in [0.5, 0.6) is 0 Å². The molecule has 0 radical (unpaired) electrons. The number of anilines is 1. The number of benzene rings is 1. The van der Waals surface area contributed by atoms with Crippen molar-refractivity contribution in [3.8, 4) is 11.4 Å². The molecule has 110 valence electrons. The summed E-state index contributed by atoms with van der Waals surface area (Å²) in [7, 11) is 0. The van der Waals surface area contributed by atoms with Gasteiger partial charge in [-0.1, -0.05) is 41.4 Å². The molecule has 3 rings (SSSR count). The molecule has 0 saturated heterocycles. The number of hydrogen-bond donors (Lipinski definition) is 1. The normalized spacial score (nSPS) is 10.5. The molecule has 0 spiro atoms. The van der Waals surface area contributed by atoms with E-state index < -0.39 is 0 Å². The zero-order chi connectivity index (χ0) is 15.4. The maximum absolute atomic E-state index is 6.14. The Balaban J connectivity index is 1.83. The highest BCUT2D eigenvalue weighted by molar-refractivity contribution is 6.31. The lowest BCUT2D eigenvalue weighted by Gasteiger charge is -2.09. The molecule has 0 fully saturated rings. The smallest absolute Gasteiger partial charge is 0.163 e. The van der Waals surface area contributed by atoms with Crippen LogP contribution in [-0.4, -0.2) is 15.0 Å². The number of halogens is 2. The number of nitrogens with zero attached hydrogens (tertiary/aromatic N) is 3. The van der Waals surface area contributed by atoms with Crippen molar-refractivity contribution in [3.63, 3.8) is 0 Å². The molecular formula is C16H12Cl2N4. The molecule has 2 aromatic heterocycles. The molecule has 0 aliphatic heterocycles. The van der Waals surface area contributed by atoms with Gasteiger partial charge in [-0.15, -0.1) is 0 Å². The van der Waals surface area contributed by atoms with Crippen LogP contribution in [0.4, 0.5) is 5.82 Å². The van der Waals surface area contributed by atoms with Gasteiger partial charge >= 0.3 is 0 Å². The first-order chi connectivity index (χ1) is 10.7. The molecule has 0 aliphatic carbocycles. The SMILES string of the molecule is Clc1cc(NCc2ccccc2Cl)nc(-c2ccncc2)n1. The maximum Gasteiger partial charge on any atom is 0.163 e. The molecule has 2 heterocycles. The van der Waals surface area contributed by atoms with Crippen LogP contribution in [0, 0.1) is 0 Å². The van der Waals surface area contributed by atoms with Gasteiger partial charge in [0.15, 0.2) is 5.82 Å². The molecule has 0 amide bonds. The van der Waals surface area contributed by atoms with E-state index in [4.69, 9.17) is 23.2 Å². The standard InChI is InChI=1S/C16H12Cl2N4/c17-13-4-2-1-3-12(13)10-20-15-9-14(18)21-16(22-15)11-5-7-19-8-6-11/h1-9H,10H2,(H,20,21,22). The van der Waals surface area contributed by atoms with Crippen LogP contribution in [0.2, 0.25) is 10.2 Å². The summed E-state index contributed by atoms with van der Waals surface area (Å²) in [5.74, 6) is 1.20. The van der Waals surface area contributed by atoms with Crippen LogP contribution in [0.3, 0.4) is 0 Å².